The van der Waals surface area contributed by atoms with E-state index in [9.17, 15) is 10.1 Å². The number of nitrogens with one attached hydrogen (secondary N) is 1. The maximum atomic E-state index is 11.2. The minimum Gasteiger partial charge on any atom is -0.379 e. The summed E-state index contributed by atoms with van der Waals surface area (Å²) in [6, 6.07) is 0.116. The van der Waals surface area contributed by atoms with Crippen LogP contribution in [0.15, 0.2) is 0 Å². The molecule has 0 amide bonds. The molecule has 19 heavy (non-hydrogen) atoms. The van der Waals surface area contributed by atoms with Crippen LogP contribution in [0.3, 0.4) is 0 Å². The molecule has 0 saturated heterocycles. The Bertz CT molecular complexity index is 472. The van der Waals surface area contributed by atoms with Crippen molar-refractivity contribution in [2.24, 2.45) is 0 Å². The molecule has 1 N–H and O–H groups in total. The monoisotopic (exact) mass is 268 g/mol. The second kappa shape index (κ2) is 5.56. The molecule has 0 bridgehead atoms. The van der Waals surface area contributed by atoms with E-state index in [1.165, 1.54) is 0 Å². The zero-order chi connectivity index (χ0) is 14.0. The van der Waals surface area contributed by atoms with E-state index in [-0.39, 0.29) is 22.8 Å². The molecule has 1 fully saturated rings. The molecule has 2 rings (SSSR count). The van der Waals surface area contributed by atoms with Crippen LogP contribution >= 0.6 is 0 Å². The molecule has 1 aliphatic carbocycles. The van der Waals surface area contributed by atoms with Gasteiger partial charge in [-0.1, -0.05) is 0 Å². The summed E-state index contributed by atoms with van der Waals surface area (Å²) in [6.45, 7) is 4.18. The van der Waals surface area contributed by atoms with Crippen LogP contribution < -0.4 is 5.32 Å². The number of hydrogen-bond acceptors (Lipinski definition) is 5. The molecule has 1 heterocycles. The van der Waals surface area contributed by atoms with E-state index in [1.54, 1.807) is 18.7 Å². The highest BCUT2D eigenvalue weighted by Crippen LogP contribution is 2.32. The maximum absolute atomic E-state index is 11.2. The summed E-state index contributed by atoms with van der Waals surface area (Å²) in [6.07, 6.45) is 3.13. The van der Waals surface area contributed by atoms with Crippen LogP contribution in [0.25, 0.3) is 0 Å². The molecule has 0 spiro atoms. The number of nitro groups is 1. The molecule has 7 heteroatoms. The minimum atomic E-state index is -0.367. The number of rotatable bonds is 5. The van der Waals surface area contributed by atoms with Crippen LogP contribution in [-0.2, 0) is 11.3 Å². The van der Waals surface area contributed by atoms with Crippen molar-refractivity contribution >= 4 is 11.5 Å². The average Bonchev–Trinajstić information content (AvgIpc) is 2.93. The summed E-state index contributed by atoms with van der Waals surface area (Å²) in [4.78, 5) is 10.8. The smallest absolute Gasteiger partial charge is 0.333 e. The lowest BCUT2D eigenvalue weighted by molar-refractivity contribution is -0.384. The zero-order valence-electron chi connectivity index (χ0n) is 11.5. The fourth-order valence-corrected chi connectivity index (χ4v) is 2.71. The Labute approximate surface area is 112 Å². The van der Waals surface area contributed by atoms with Crippen LogP contribution in [0.2, 0.25) is 0 Å². The van der Waals surface area contributed by atoms with Gasteiger partial charge in [0.1, 0.15) is 5.69 Å². The SMILES string of the molecule is CCn1nc(C)c([N+](=O)[O-])c1NC1CCCC1OC. The van der Waals surface area contributed by atoms with Crippen molar-refractivity contribution in [3.05, 3.63) is 15.8 Å². The number of methoxy groups -OCH3 is 1. The highest BCUT2D eigenvalue weighted by molar-refractivity contribution is 5.60. The Morgan fingerprint density at radius 1 is 1.58 bits per heavy atom. The second-order valence-electron chi connectivity index (χ2n) is 4.81. The third kappa shape index (κ3) is 2.56. The molecule has 2 atom stereocenters. The van der Waals surface area contributed by atoms with Gasteiger partial charge in [0.2, 0.25) is 5.82 Å². The van der Waals surface area contributed by atoms with E-state index in [4.69, 9.17) is 4.74 Å². The van der Waals surface area contributed by atoms with Gasteiger partial charge in [0.05, 0.1) is 17.1 Å². The Morgan fingerprint density at radius 3 is 2.89 bits per heavy atom. The van der Waals surface area contributed by atoms with Gasteiger partial charge in [-0.2, -0.15) is 5.10 Å². The van der Waals surface area contributed by atoms with Crippen molar-refractivity contribution in [1.29, 1.82) is 0 Å². The summed E-state index contributed by atoms with van der Waals surface area (Å²) in [7, 11) is 1.68. The lowest BCUT2D eigenvalue weighted by atomic mass is 10.2. The molecule has 1 aromatic heterocycles. The first kappa shape index (κ1) is 13.8. The number of anilines is 1. The van der Waals surface area contributed by atoms with Crippen LogP contribution in [0.1, 0.15) is 31.9 Å². The number of aromatic nitrogens is 2. The van der Waals surface area contributed by atoms with Gasteiger partial charge >= 0.3 is 5.69 Å². The summed E-state index contributed by atoms with van der Waals surface area (Å²) in [5, 5.41) is 18.7. The largest absolute Gasteiger partial charge is 0.379 e. The molecule has 0 radical (unpaired) electrons. The van der Waals surface area contributed by atoms with Crippen molar-refractivity contribution in [3.8, 4) is 0 Å². The van der Waals surface area contributed by atoms with Gasteiger partial charge in [-0.25, -0.2) is 4.68 Å². The molecular formula is C12H20N4O3. The number of hydrogen-bond donors (Lipinski definition) is 1. The summed E-state index contributed by atoms with van der Waals surface area (Å²) < 4.78 is 7.07. The second-order valence-corrected chi connectivity index (χ2v) is 4.81. The van der Waals surface area contributed by atoms with Gasteiger partial charge in [-0.05, 0) is 33.1 Å². The standard InChI is InChI=1S/C12H20N4O3/c1-4-15-12(11(16(17)18)8(2)14-15)13-9-6-5-7-10(9)19-3/h9-10,13H,4-7H2,1-3H3. The van der Waals surface area contributed by atoms with E-state index in [0.717, 1.165) is 19.3 Å². The average molecular weight is 268 g/mol. The van der Waals surface area contributed by atoms with Gasteiger partial charge in [0.25, 0.3) is 0 Å². The Kier molecular flexibility index (Phi) is 4.04. The lowest BCUT2D eigenvalue weighted by Crippen LogP contribution is -2.31. The van der Waals surface area contributed by atoms with E-state index in [1.807, 2.05) is 6.92 Å². The van der Waals surface area contributed by atoms with E-state index in [2.05, 4.69) is 10.4 Å². The predicted octanol–water partition coefficient (Wildman–Crippen LogP) is 2.10. The van der Waals surface area contributed by atoms with Gasteiger partial charge in [0, 0.05) is 13.7 Å². The van der Waals surface area contributed by atoms with Crippen molar-refractivity contribution in [2.45, 2.75) is 51.8 Å². The lowest BCUT2D eigenvalue weighted by Gasteiger charge is -2.20. The predicted molar refractivity (Wildman–Crippen MR) is 71.4 cm³/mol. The van der Waals surface area contributed by atoms with E-state index >= 15 is 0 Å². The van der Waals surface area contributed by atoms with E-state index < -0.39 is 0 Å². The fourth-order valence-electron chi connectivity index (χ4n) is 2.71. The van der Waals surface area contributed by atoms with Crippen molar-refractivity contribution in [2.75, 3.05) is 12.4 Å². The molecule has 1 aromatic rings. The zero-order valence-corrected chi connectivity index (χ0v) is 11.5. The fraction of sp³-hybridized carbons (Fsp3) is 0.750. The van der Waals surface area contributed by atoms with Gasteiger partial charge in [0.15, 0.2) is 0 Å². The third-order valence-corrected chi connectivity index (χ3v) is 3.66. The quantitative estimate of drug-likeness (QED) is 0.653. The van der Waals surface area contributed by atoms with Crippen molar-refractivity contribution in [1.82, 2.24) is 9.78 Å². The normalized spacial score (nSPS) is 22.7. The highest BCUT2D eigenvalue weighted by atomic mass is 16.6. The van der Waals surface area contributed by atoms with E-state index in [0.29, 0.717) is 18.1 Å². The first-order valence-corrected chi connectivity index (χ1v) is 6.59. The first-order chi connectivity index (χ1) is 9.08. The topological polar surface area (TPSA) is 82.2 Å². The Morgan fingerprint density at radius 2 is 2.32 bits per heavy atom. The minimum absolute atomic E-state index is 0.0728. The van der Waals surface area contributed by atoms with Crippen LogP contribution in [-0.4, -0.2) is 34.0 Å². The molecule has 0 aromatic carbocycles. The van der Waals surface area contributed by atoms with Crippen LogP contribution in [0.5, 0.6) is 0 Å². The van der Waals surface area contributed by atoms with Gasteiger partial charge in [-0.15, -0.1) is 0 Å². The molecule has 1 aliphatic rings. The number of nitrogens with zero attached hydrogens (tertiary/aromatic N) is 3. The molecule has 2 unspecified atom stereocenters. The van der Waals surface area contributed by atoms with Crippen molar-refractivity contribution < 1.29 is 9.66 Å². The molecule has 106 valence electrons. The molecule has 7 nitrogen and oxygen atoms in total. The van der Waals surface area contributed by atoms with Gasteiger partial charge < -0.3 is 10.1 Å². The van der Waals surface area contributed by atoms with Crippen LogP contribution in [0, 0.1) is 17.0 Å². The summed E-state index contributed by atoms with van der Waals surface area (Å²) in [5.41, 5.74) is 0.518. The Balaban J connectivity index is 2.30. The Hall–Kier alpha value is -1.63. The molecule has 0 aliphatic heterocycles. The third-order valence-electron chi connectivity index (χ3n) is 3.66. The highest BCUT2D eigenvalue weighted by Gasteiger charge is 2.32. The van der Waals surface area contributed by atoms with Gasteiger partial charge in [-0.3, -0.25) is 10.1 Å². The maximum Gasteiger partial charge on any atom is 0.333 e. The first-order valence-electron chi connectivity index (χ1n) is 6.59. The number of aryl methyl sites for hydroxylation is 2. The molecule has 1 saturated carbocycles. The number of ether oxygens (including phenoxy) is 1. The molecular weight excluding hydrogens is 248 g/mol. The summed E-state index contributed by atoms with van der Waals surface area (Å²) in [5.74, 6) is 0.499. The summed E-state index contributed by atoms with van der Waals surface area (Å²) >= 11 is 0. The van der Waals surface area contributed by atoms with Crippen LogP contribution in [0.4, 0.5) is 11.5 Å². The van der Waals surface area contributed by atoms with Crippen molar-refractivity contribution in [3.63, 3.8) is 0 Å².